The molecule has 0 N–H and O–H groups in total. The maximum atomic E-state index is 2.34. The average molecular weight is 120 g/mol. The van der Waals surface area contributed by atoms with Crippen LogP contribution in [0.5, 0.6) is 0 Å². The second kappa shape index (κ2) is 4.51. The molecule has 0 unspecified atom stereocenters. The minimum absolute atomic E-state index is 0.394. The molecule has 0 heterocycles. The Labute approximate surface area is 49.7 Å². The van der Waals surface area contributed by atoms with Crippen LogP contribution in [0.1, 0.15) is 19.8 Å². The van der Waals surface area contributed by atoms with Crippen LogP contribution >= 0.6 is 10.9 Å². The number of thiol groups is 1. The van der Waals surface area contributed by atoms with E-state index < -0.39 is 0 Å². The molecule has 0 nitrogen and oxygen atoms in total. The first-order valence-corrected chi connectivity index (χ1v) is 5.34. The van der Waals surface area contributed by atoms with Gasteiger partial charge in [0.15, 0.2) is 0 Å². The van der Waals surface area contributed by atoms with E-state index in [2.05, 4.69) is 19.4 Å². The first-order chi connectivity index (χ1) is 3.27. The summed E-state index contributed by atoms with van der Waals surface area (Å²) in [5.41, 5.74) is 0. The molecule has 0 fully saturated rings. The summed E-state index contributed by atoms with van der Waals surface area (Å²) < 4.78 is 0. The van der Waals surface area contributed by atoms with Crippen LogP contribution < -0.4 is 0 Å². The van der Waals surface area contributed by atoms with E-state index in [1.807, 2.05) is 0 Å². The van der Waals surface area contributed by atoms with E-state index in [0.717, 1.165) is 0 Å². The Morgan fingerprint density at radius 2 is 1.86 bits per heavy atom. The maximum Gasteiger partial charge on any atom is -0.0258 e. The maximum absolute atomic E-state index is 2.34. The zero-order valence-electron chi connectivity index (χ0n) is 5.57. The van der Waals surface area contributed by atoms with Crippen LogP contribution in [-0.4, -0.2) is 18.3 Å². The van der Waals surface area contributed by atoms with Gasteiger partial charge < -0.3 is 0 Å². The molecule has 0 bridgehead atoms. The zero-order valence-corrected chi connectivity index (χ0v) is 6.46. The van der Waals surface area contributed by atoms with Crippen molar-refractivity contribution in [2.45, 2.75) is 19.8 Å². The van der Waals surface area contributed by atoms with E-state index in [-0.39, 0.29) is 0 Å². The van der Waals surface area contributed by atoms with E-state index in [1.54, 1.807) is 0 Å². The van der Waals surface area contributed by atoms with Crippen molar-refractivity contribution in [1.82, 2.24) is 0 Å². The highest BCUT2D eigenvalue weighted by Gasteiger charge is 1.83. The van der Waals surface area contributed by atoms with Crippen LogP contribution in [0.2, 0.25) is 0 Å². The molecule has 1 heteroatoms. The van der Waals surface area contributed by atoms with Crippen LogP contribution in [-0.2, 0) is 0 Å². The molecule has 46 valence electrons. The third-order valence-electron chi connectivity index (χ3n) is 0.959. The Morgan fingerprint density at radius 1 is 1.29 bits per heavy atom. The molecule has 0 spiro atoms. The Balaban J connectivity index is 2.68. The van der Waals surface area contributed by atoms with E-state index in [4.69, 9.17) is 0 Å². The fraction of sp³-hybridized carbons (Fsp3) is 1.00. The summed E-state index contributed by atoms with van der Waals surface area (Å²) in [6.45, 7) is 2.25. The van der Waals surface area contributed by atoms with E-state index >= 15 is 0 Å². The molecule has 0 aromatic carbocycles. The van der Waals surface area contributed by atoms with Crippen molar-refractivity contribution in [1.29, 1.82) is 0 Å². The van der Waals surface area contributed by atoms with Crippen LogP contribution in [0, 0.1) is 0 Å². The summed E-state index contributed by atoms with van der Waals surface area (Å²) in [4.78, 5) is 0. The summed E-state index contributed by atoms with van der Waals surface area (Å²) in [5, 5.41) is 0. The topological polar surface area (TPSA) is 0 Å². The summed E-state index contributed by atoms with van der Waals surface area (Å²) in [6.07, 6.45) is 7.47. The van der Waals surface area contributed by atoms with Gasteiger partial charge in [-0.2, -0.15) is 0 Å². The van der Waals surface area contributed by atoms with Gasteiger partial charge in [0.05, 0.1) is 0 Å². The lowest BCUT2D eigenvalue weighted by molar-refractivity contribution is 0.895. The molecule has 7 heavy (non-hydrogen) atoms. The minimum atomic E-state index is 0.394. The van der Waals surface area contributed by atoms with Crippen molar-refractivity contribution in [3.63, 3.8) is 0 Å². The normalized spacial score (nSPS) is 11.6. The van der Waals surface area contributed by atoms with Crippen molar-refractivity contribution in [2.75, 3.05) is 18.3 Å². The molecular weight excluding hydrogens is 104 g/mol. The highest BCUT2D eigenvalue weighted by molar-refractivity contribution is 8.15. The fourth-order valence-electron chi connectivity index (χ4n) is 0.474. The largest absolute Gasteiger partial charge is 0.259 e. The monoisotopic (exact) mass is 120 g/mol. The number of unbranched alkanes of at least 4 members (excludes halogenated alkanes) is 1. The quantitative estimate of drug-likeness (QED) is 0.541. The highest BCUT2D eigenvalue weighted by atomic mass is 32.2. The van der Waals surface area contributed by atoms with Gasteiger partial charge in [-0.3, -0.25) is 10.9 Å². The van der Waals surface area contributed by atoms with Crippen molar-refractivity contribution in [2.24, 2.45) is 0 Å². The van der Waals surface area contributed by atoms with E-state index in [9.17, 15) is 0 Å². The van der Waals surface area contributed by atoms with Gasteiger partial charge in [0, 0.05) is 0 Å². The van der Waals surface area contributed by atoms with Crippen molar-refractivity contribution < 1.29 is 0 Å². The molecule has 0 aliphatic rings. The van der Waals surface area contributed by atoms with Gasteiger partial charge in [0.1, 0.15) is 0 Å². The van der Waals surface area contributed by atoms with Crippen LogP contribution in [0.25, 0.3) is 0 Å². The fourth-order valence-corrected chi connectivity index (χ4v) is 1.42. The summed E-state index contributed by atoms with van der Waals surface area (Å²) in [5.74, 6) is 1.46. The molecular formula is C6H16S. The zero-order chi connectivity index (χ0) is 5.70. The molecule has 0 amide bonds. The first kappa shape index (κ1) is 7.35. The van der Waals surface area contributed by atoms with Gasteiger partial charge in [-0.1, -0.05) is 13.3 Å². The molecule has 0 aromatic rings. The van der Waals surface area contributed by atoms with E-state index in [1.165, 1.54) is 18.6 Å². The lowest BCUT2D eigenvalue weighted by Gasteiger charge is -2.04. The molecule has 0 atom stereocenters. The average Bonchev–Trinajstić information content (AvgIpc) is 1.61. The van der Waals surface area contributed by atoms with Gasteiger partial charge in [0.2, 0.25) is 0 Å². The molecule has 0 aromatic heterocycles. The molecule has 0 saturated heterocycles. The smallest absolute Gasteiger partial charge is 0.0258 e. The van der Waals surface area contributed by atoms with Gasteiger partial charge in [-0.15, -0.1) is 0 Å². The molecule has 0 aliphatic heterocycles. The number of hydrogen-bond donors (Lipinski definition) is 1. The Morgan fingerprint density at radius 3 is 2.00 bits per heavy atom. The van der Waals surface area contributed by atoms with Gasteiger partial charge in [-0.25, -0.2) is 0 Å². The third kappa shape index (κ3) is 6.35. The molecule has 0 aliphatic carbocycles. The van der Waals surface area contributed by atoms with Crippen LogP contribution in [0.15, 0.2) is 0 Å². The summed E-state index contributed by atoms with van der Waals surface area (Å²) in [7, 11) is 0.394. The molecule has 0 radical (unpaired) electrons. The predicted octanol–water partition coefficient (Wildman–Crippen LogP) is 2.05. The van der Waals surface area contributed by atoms with Crippen LogP contribution in [0.3, 0.4) is 0 Å². The minimum Gasteiger partial charge on any atom is -0.259 e. The second-order valence-electron chi connectivity index (χ2n) is 2.16. The van der Waals surface area contributed by atoms with Gasteiger partial charge in [0.25, 0.3) is 0 Å². The molecule has 0 saturated carbocycles. The first-order valence-electron chi connectivity index (χ1n) is 2.92. The number of hydrogen-bond acceptors (Lipinski definition) is 0. The Bertz CT molecular complexity index is 33.2. The lowest BCUT2D eigenvalue weighted by atomic mass is 10.4. The van der Waals surface area contributed by atoms with E-state index in [0.29, 0.717) is 10.9 Å². The van der Waals surface area contributed by atoms with Crippen molar-refractivity contribution in [3.05, 3.63) is 0 Å². The second-order valence-corrected chi connectivity index (χ2v) is 4.76. The predicted molar refractivity (Wildman–Crippen MR) is 40.6 cm³/mol. The standard InChI is InChI=1S/C6H16S/c1-4-5-6-7(2)3/h7H,4-6H2,1-3H3. The summed E-state index contributed by atoms with van der Waals surface area (Å²) in [6, 6.07) is 0. The SMILES string of the molecule is CCCC[SH](C)C. The van der Waals surface area contributed by atoms with Crippen molar-refractivity contribution >= 4 is 10.9 Å². The van der Waals surface area contributed by atoms with Crippen LogP contribution in [0.4, 0.5) is 0 Å². The lowest BCUT2D eigenvalue weighted by Crippen LogP contribution is -1.81. The van der Waals surface area contributed by atoms with Gasteiger partial charge in [-0.05, 0) is 24.7 Å². The number of rotatable bonds is 3. The Kier molecular flexibility index (Phi) is 4.73. The summed E-state index contributed by atoms with van der Waals surface area (Å²) >= 11 is 0. The van der Waals surface area contributed by atoms with Crippen molar-refractivity contribution in [3.8, 4) is 0 Å². The third-order valence-corrected chi connectivity index (χ3v) is 2.17. The highest BCUT2D eigenvalue weighted by Crippen LogP contribution is 2.14. The molecule has 0 rings (SSSR count). The van der Waals surface area contributed by atoms with Gasteiger partial charge >= 0.3 is 0 Å². The Hall–Kier alpha value is 0.350.